The van der Waals surface area contributed by atoms with E-state index in [-0.39, 0.29) is 11.9 Å². The summed E-state index contributed by atoms with van der Waals surface area (Å²) in [5.74, 6) is 0.134. The van der Waals surface area contributed by atoms with Gasteiger partial charge in [-0.05, 0) is 30.7 Å². The van der Waals surface area contributed by atoms with Gasteiger partial charge in [0.1, 0.15) is 6.04 Å². The molecular weight excluding hydrogens is 248 g/mol. The van der Waals surface area contributed by atoms with E-state index in [9.17, 15) is 4.79 Å². The first-order valence-electron chi connectivity index (χ1n) is 7.00. The number of carbonyl (C=O) groups is 1. The molecule has 20 heavy (non-hydrogen) atoms. The Labute approximate surface area is 119 Å². The van der Waals surface area contributed by atoms with E-state index in [1.807, 2.05) is 60.4 Å². The Hall–Kier alpha value is -2.29. The summed E-state index contributed by atoms with van der Waals surface area (Å²) in [7, 11) is 0. The van der Waals surface area contributed by atoms with Crippen molar-refractivity contribution >= 4 is 17.3 Å². The van der Waals surface area contributed by atoms with Crippen molar-refractivity contribution in [2.45, 2.75) is 19.4 Å². The Morgan fingerprint density at radius 3 is 2.55 bits per heavy atom. The van der Waals surface area contributed by atoms with Gasteiger partial charge in [0.15, 0.2) is 0 Å². The number of carbonyl (C=O) groups excluding carboxylic acids is 1. The van der Waals surface area contributed by atoms with E-state index in [0.717, 1.165) is 17.8 Å². The second-order valence-electron chi connectivity index (χ2n) is 4.98. The Balaban J connectivity index is 1.80. The first-order chi connectivity index (χ1) is 9.79. The number of fused-ring (bicyclic) bond motifs is 1. The van der Waals surface area contributed by atoms with Crippen molar-refractivity contribution < 1.29 is 4.79 Å². The minimum absolute atomic E-state index is 0.134. The number of likely N-dealkylation sites (N-methyl/N-ethyl adjacent to an activating group) is 1. The molecule has 0 unspecified atom stereocenters. The van der Waals surface area contributed by atoms with Gasteiger partial charge < -0.3 is 10.2 Å². The lowest BCUT2D eigenvalue weighted by atomic mass is 10.1. The zero-order chi connectivity index (χ0) is 13.9. The van der Waals surface area contributed by atoms with Gasteiger partial charge in [-0.3, -0.25) is 4.79 Å². The summed E-state index contributed by atoms with van der Waals surface area (Å²) < 4.78 is 0. The van der Waals surface area contributed by atoms with Gasteiger partial charge in [0.05, 0.1) is 0 Å². The third kappa shape index (κ3) is 2.27. The summed E-state index contributed by atoms with van der Waals surface area (Å²) in [6.45, 7) is 2.68. The lowest BCUT2D eigenvalue weighted by Gasteiger charge is -2.24. The zero-order valence-electron chi connectivity index (χ0n) is 11.5. The molecule has 3 nitrogen and oxygen atoms in total. The maximum Gasteiger partial charge on any atom is 0.249 e. The molecule has 1 aliphatic heterocycles. The van der Waals surface area contributed by atoms with Crippen LogP contribution in [0, 0.1) is 0 Å². The molecule has 1 heterocycles. The number of benzene rings is 2. The molecule has 0 fully saturated rings. The van der Waals surface area contributed by atoms with Crippen LogP contribution in [0.3, 0.4) is 0 Å². The van der Waals surface area contributed by atoms with Gasteiger partial charge in [0.2, 0.25) is 5.91 Å². The van der Waals surface area contributed by atoms with Gasteiger partial charge in [-0.25, -0.2) is 0 Å². The average Bonchev–Trinajstić information content (AvgIpc) is 2.93. The van der Waals surface area contributed by atoms with Gasteiger partial charge in [-0.2, -0.15) is 0 Å². The highest BCUT2D eigenvalue weighted by Crippen LogP contribution is 2.27. The Kier molecular flexibility index (Phi) is 3.42. The summed E-state index contributed by atoms with van der Waals surface area (Å²) in [4.78, 5) is 14.5. The molecule has 0 radical (unpaired) electrons. The van der Waals surface area contributed by atoms with Crippen molar-refractivity contribution in [2.24, 2.45) is 0 Å². The summed E-state index contributed by atoms with van der Waals surface area (Å²) in [5, 5.41) is 3.33. The summed E-state index contributed by atoms with van der Waals surface area (Å²) >= 11 is 0. The number of hydrogen-bond acceptors (Lipinski definition) is 2. The fourth-order valence-electron chi connectivity index (χ4n) is 2.71. The molecule has 0 spiro atoms. The maximum atomic E-state index is 12.7. The standard InChI is InChI=1S/C17H18N2O/c1-2-19(14-9-4-3-5-10-14)17(20)16-12-13-8-6-7-11-15(13)18-16/h3-11,16,18H,2,12H2,1H3/t16-/m0/s1. The van der Waals surface area contributed by atoms with Gasteiger partial charge in [-0.1, -0.05) is 36.4 Å². The number of nitrogens with one attached hydrogen (secondary N) is 1. The van der Waals surface area contributed by atoms with Gasteiger partial charge >= 0.3 is 0 Å². The maximum absolute atomic E-state index is 12.7. The molecule has 3 heteroatoms. The molecule has 1 N–H and O–H groups in total. The first kappa shape index (κ1) is 12.7. The van der Waals surface area contributed by atoms with E-state index in [4.69, 9.17) is 0 Å². The Morgan fingerprint density at radius 2 is 1.85 bits per heavy atom. The van der Waals surface area contributed by atoms with E-state index in [2.05, 4.69) is 11.4 Å². The molecule has 1 atom stereocenters. The Bertz CT molecular complexity index is 584. The van der Waals surface area contributed by atoms with Crippen LogP contribution in [-0.2, 0) is 11.2 Å². The third-order valence-corrected chi connectivity index (χ3v) is 3.72. The van der Waals surface area contributed by atoms with Gasteiger partial charge in [0.25, 0.3) is 0 Å². The fourth-order valence-corrected chi connectivity index (χ4v) is 2.71. The van der Waals surface area contributed by atoms with Crippen LogP contribution in [0.2, 0.25) is 0 Å². The highest BCUT2D eigenvalue weighted by atomic mass is 16.2. The minimum Gasteiger partial charge on any atom is -0.373 e. The van der Waals surface area contributed by atoms with Crippen molar-refractivity contribution in [3.8, 4) is 0 Å². The van der Waals surface area contributed by atoms with Crippen LogP contribution < -0.4 is 10.2 Å². The number of para-hydroxylation sites is 2. The van der Waals surface area contributed by atoms with Crippen molar-refractivity contribution in [1.82, 2.24) is 0 Å². The number of nitrogens with zero attached hydrogens (tertiary/aromatic N) is 1. The van der Waals surface area contributed by atoms with E-state index in [1.165, 1.54) is 5.56 Å². The minimum atomic E-state index is -0.160. The highest BCUT2D eigenvalue weighted by Gasteiger charge is 2.29. The van der Waals surface area contributed by atoms with Crippen LogP contribution in [0.1, 0.15) is 12.5 Å². The smallest absolute Gasteiger partial charge is 0.249 e. The average molecular weight is 266 g/mol. The van der Waals surface area contributed by atoms with E-state index < -0.39 is 0 Å². The van der Waals surface area contributed by atoms with E-state index in [1.54, 1.807) is 0 Å². The van der Waals surface area contributed by atoms with Crippen LogP contribution in [0.15, 0.2) is 54.6 Å². The second kappa shape index (κ2) is 5.37. The van der Waals surface area contributed by atoms with Crippen LogP contribution in [0.4, 0.5) is 11.4 Å². The second-order valence-corrected chi connectivity index (χ2v) is 4.98. The summed E-state index contributed by atoms with van der Waals surface area (Å²) in [6, 6.07) is 17.8. The molecule has 1 amide bonds. The van der Waals surface area contributed by atoms with Gasteiger partial charge in [0, 0.05) is 24.3 Å². The molecule has 0 aromatic heterocycles. The molecule has 0 bridgehead atoms. The van der Waals surface area contributed by atoms with Crippen molar-refractivity contribution in [3.05, 3.63) is 60.2 Å². The highest BCUT2D eigenvalue weighted by molar-refractivity contribution is 6.00. The monoisotopic (exact) mass is 266 g/mol. The van der Waals surface area contributed by atoms with Crippen molar-refractivity contribution in [1.29, 1.82) is 0 Å². The number of amides is 1. The topological polar surface area (TPSA) is 32.3 Å². The van der Waals surface area contributed by atoms with Crippen molar-refractivity contribution in [3.63, 3.8) is 0 Å². The fraction of sp³-hybridized carbons (Fsp3) is 0.235. The molecule has 0 saturated carbocycles. The van der Waals surface area contributed by atoms with Crippen LogP contribution in [-0.4, -0.2) is 18.5 Å². The number of anilines is 2. The summed E-state index contributed by atoms with van der Waals surface area (Å²) in [6.07, 6.45) is 0.762. The lowest BCUT2D eigenvalue weighted by molar-refractivity contribution is -0.119. The predicted octanol–water partition coefficient (Wildman–Crippen LogP) is 3.08. The molecule has 0 saturated heterocycles. The third-order valence-electron chi connectivity index (χ3n) is 3.72. The normalized spacial score (nSPS) is 16.4. The van der Waals surface area contributed by atoms with E-state index in [0.29, 0.717) is 6.54 Å². The van der Waals surface area contributed by atoms with Crippen LogP contribution in [0.25, 0.3) is 0 Å². The van der Waals surface area contributed by atoms with Crippen LogP contribution in [0.5, 0.6) is 0 Å². The van der Waals surface area contributed by atoms with Crippen molar-refractivity contribution in [2.75, 3.05) is 16.8 Å². The summed E-state index contributed by atoms with van der Waals surface area (Å²) in [5.41, 5.74) is 3.25. The number of hydrogen-bond donors (Lipinski definition) is 1. The largest absolute Gasteiger partial charge is 0.373 e. The Morgan fingerprint density at radius 1 is 1.15 bits per heavy atom. The zero-order valence-corrected chi connectivity index (χ0v) is 11.5. The molecule has 102 valence electrons. The quantitative estimate of drug-likeness (QED) is 0.926. The molecule has 0 aliphatic carbocycles. The predicted molar refractivity (Wildman–Crippen MR) is 82.0 cm³/mol. The lowest BCUT2D eigenvalue weighted by Crippen LogP contribution is -2.42. The van der Waals surface area contributed by atoms with Gasteiger partial charge in [-0.15, -0.1) is 0 Å². The molecule has 1 aliphatic rings. The first-order valence-corrected chi connectivity index (χ1v) is 7.00. The van der Waals surface area contributed by atoms with E-state index >= 15 is 0 Å². The molecule has 2 aromatic carbocycles. The SMILES string of the molecule is CCN(C(=O)[C@@H]1Cc2ccccc2N1)c1ccccc1. The molecule has 3 rings (SSSR count). The number of rotatable bonds is 3. The molecular formula is C17H18N2O. The molecule has 2 aromatic rings. The van der Waals surface area contributed by atoms with Crippen LogP contribution >= 0.6 is 0 Å².